The van der Waals surface area contributed by atoms with Gasteiger partial charge in [-0.2, -0.15) is 0 Å². The van der Waals surface area contributed by atoms with E-state index in [0.717, 1.165) is 53.3 Å². The second-order valence-corrected chi connectivity index (χ2v) is 10.6. The highest BCUT2D eigenvalue weighted by Crippen LogP contribution is 2.40. The number of likely N-dealkylation sites (tertiary alicyclic amines) is 1. The first-order valence-corrected chi connectivity index (χ1v) is 13.2. The molecule has 192 valence electrons. The van der Waals surface area contributed by atoms with Gasteiger partial charge in [-0.05, 0) is 93.9 Å². The van der Waals surface area contributed by atoms with Crippen molar-refractivity contribution in [3.8, 4) is 5.75 Å². The van der Waals surface area contributed by atoms with E-state index < -0.39 is 11.5 Å². The molecule has 2 aliphatic rings. The van der Waals surface area contributed by atoms with Crippen molar-refractivity contribution in [1.82, 2.24) is 15.4 Å². The van der Waals surface area contributed by atoms with Crippen molar-refractivity contribution in [1.29, 1.82) is 0 Å². The number of hydroxylamine groups is 1. The molecular formula is C28H41N3O4. The van der Waals surface area contributed by atoms with Gasteiger partial charge in [0.2, 0.25) is 5.91 Å². The summed E-state index contributed by atoms with van der Waals surface area (Å²) in [5, 5.41) is 21.7. The maximum absolute atomic E-state index is 12.8. The van der Waals surface area contributed by atoms with Gasteiger partial charge < -0.3 is 14.7 Å². The third kappa shape index (κ3) is 5.96. The number of aliphatic hydroxyl groups excluding tert-OH is 1. The molecule has 1 aliphatic carbocycles. The van der Waals surface area contributed by atoms with E-state index in [0.29, 0.717) is 25.7 Å². The second kappa shape index (κ2) is 11.7. The van der Waals surface area contributed by atoms with Crippen LogP contribution in [0.1, 0.15) is 81.4 Å². The van der Waals surface area contributed by atoms with Crippen molar-refractivity contribution < 1.29 is 19.8 Å². The van der Waals surface area contributed by atoms with Crippen LogP contribution in [0.4, 0.5) is 0 Å². The van der Waals surface area contributed by atoms with E-state index in [1.807, 2.05) is 30.6 Å². The number of carbonyl (C=O) groups is 1. The number of pyridine rings is 1. The number of aromatic nitrogens is 1. The molecule has 1 aliphatic heterocycles. The number of aryl methyl sites for hydroxylation is 1. The molecule has 0 spiro atoms. The number of nitrogens with one attached hydrogen (secondary N) is 1. The second-order valence-electron chi connectivity index (χ2n) is 10.6. The van der Waals surface area contributed by atoms with E-state index in [2.05, 4.69) is 9.88 Å². The van der Waals surface area contributed by atoms with E-state index in [1.54, 1.807) is 13.3 Å². The summed E-state index contributed by atoms with van der Waals surface area (Å²) in [5.41, 5.74) is 3.82. The molecule has 1 aromatic carbocycles. The Balaban J connectivity index is 1.42. The van der Waals surface area contributed by atoms with Crippen molar-refractivity contribution in [3.63, 3.8) is 0 Å². The molecule has 4 rings (SSSR count). The van der Waals surface area contributed by atoms with Crippen molar-refractivity contribution in [2.24, 2.45) is 11.3 Å². The van der Waals surface area contributed by atoms with Crippen LogP contribution in [0.2, 0.25) is 0 Å². The van der Waals surface area contributed by atoms with Crippen molar-refractivity contribution in [2.75, 3.05) is 26.7 Å². The van der Waals surface area contributed by atoms with Gasteiger partial charge in [-0.3, -0.25) is 15.0 Å². The summed E-state index contributed by atoms with van der Waals surface area (Å²) in [5.74, 6) is 1.24. The van der Waals surface area contributed by atoms with Crippen LogP contribution in [-0.2, 0) is 4.79 Å². The van der Waals surface area contributed by atoms with Crippen molar-refractivity contribution in [2.45, 2.75) is 77.2 Å². The van der Waals surface area contributed by atoms with Gasteiger partial charge in [0.05, 0.1) is 24.1 Å². The number of nitrogens with zero attached hydrogens (tertiary/aromatic N) is 2. The summed E-state index contributed by atoms with van der Waals surface area (Å²) in [6, 6.07) is 5.67. The molecular weight excluding hydrogens is 442 g/mol. The van der Waals surface area contributed by atoms with E-state index in [9.17, 15) is 15.1 Å². The molecule has 7 heteroatoms. The Kier molecular flexibility index (Phi) is 8.63. The maximum Gasteiger partial charge on any atom is 0.249 e. The molecule has 1 aromatic heterocycles. The van der Waals surface area contributed by atoms with Gasteiger partial charge in [0, 0.05) is 11.6 Å². The molecule has 2 heterocycles. The fourth-order valence-corrected chi connectivity index (χ4v) is 6.17. The molecule has 2 aromatic rings. The van der Waals surface area contributed by atoms with E-state index >= 15 is 0 Å². The zero-order chi connectivity index (χ0) is 24.8. The van der Waals surface area contributed by atoms with Gasteiger partial charge in [-0.1, -0.05) is 32.1 Å². The SMILES string of the molecule is COc1ccc2ncc(C)c(C(O)CCC3(C(=O)NO)CCN(CCC4CCCCC4)CC3)c2c1. The number of hydrogen-bond acceptors (Lipinski definition) is 6. The molecule has 1 unspecified atom stereocenters. The number of hydrogen-bond donors (Lipinski definition) is 3. The van der Waals surface area contributed by atoms with Crippen LogP contribution in [-0.4, -0.2) is 52.8 Å². The fraction of sp³-hybridized carbons (Fsp3) is 0.643. The Labute approximate surface area is 208 Å². The lowest BCUT2D eigenvalue weighted by Crippen LogP contribution is -2.48. The molecule has 0 bridgehead atoms. The molecule has 2 fully saturated rings. The molecule has 7 nitrogen and oxygen atoms in total. The van der Waals surface area contributed by atoms with Crippen LogP contribution in [0.5, 0.6) is 5.75 Å². The third-order valence-electron chi connectivity index (χ3n) is 8.52. The lowest BCUT2D eigenvalue weighted by Gasteiger charge is -2.41. The Morgan fingerprint density at radius 3 is 2.69 bits per heavy atom. The van der Waals surface area contributed by atoms with Crippen LogP contribution < -0.4 is 10.2 Å². The topological polar surface area (TPSA) is 94.9 Å². The van der Waals surface area contributed by atoms with Crippen molar-refractivity contribution >= 4 is 16.8 Å². The molecule has 0 radical (unpaired) electrons. The largest absolute Gasteiger partial charge is 0.497 e. The summed E-state index contributed by atoms with van der Waals surface area (Å²) < 4.78 is 5.39. The number of aliphatic hydroxyl groups is 1. The van der Waals surface area contributed by atoms with Crippen LogP contribution in [0, 0.1) is 18.3 Å². The Morgan fingerprint density at radius 1 is 1.26 bits per heavy atom. The van der Waals surface area contributed by atoms with Crippen LogP contribution in [0.15, 0.2) is 24.4 Å². The Morgan fingerprint density at radius 2 is 2.00 bits per heavy atom. The summed E-state index contributed by atoms with van der Waals surface area (Å²) in [4.78, 5) is 19.8. The maximum atomic E-state index is 12.8. The highest BCUT2D eigenvalue weighted by Gasteiger charge is 2.41. The van der Waals surface area contributed by atoms with Gasteiger partial charge in [0.15, 0.2) is 0 Å². The molecule has 1 amide bonds. The molecule has 35 heavy (non-hydrogen) atoms. The van der Waals surface area contributed by atoms with Crippen LogP contribution >= 0.6 is 0 Å². The number of methoxy groups -OCH3 is 1. The first-order chi connectivity index (χ1) is 17.0. The zero-order valence-electron chi connectivity index (χ0n) is 21.3. The monoisotopic (exact) mass is 483 g/mol. The minimum Gasteiger partial charge on any atom is -0.497 e. The lowest BCUT2D eigenvalue weighted by atomic mass is 9.73. The van der Waals surface area contributed by atoms with E-state index in [1.165, 1.54) is 38.5 Å². The smallest absolute Gasteiger partial charge is 0.249 e. The predicted molar refractivity (Wildman–Crippen MR) is 136 cm³/mol. The quantitative estimate of drug-likeness (QED) is 0.346. The van der Waals surface area contributed by atoms with Crippen LogP contribution in [0.3, 0.4) is 0 Å². The number of ether oxygens (including phenoxy) is 1. The van der Waals surface area contributed by atoms with Crippen molar-refractivity contribution in [3.05, 3.63) is 35.5 Å². The number of benzene rings is 1. The number of rotatable bonds is 9. The van der Waals surface area contributed by atoms with Crippen LogP contribution in [0.25, 0.3) is 10.9 Å². The average Bonchev–Trinajstić information content (AvgIpc) is 2.90. The summed E-state index contributed by atoms with van der Waals surface area (Å²) in [6.07, 6.45) is 11.5. The van der Waals surface area contributed by atoms with Gasteiger partial charge in [-0.15, -0.1) is 0 Å². The number of piperidine rings is 1. The van der Waals surface area contributed by atoms with E-state index in [-0.39, 0.29) is 5.91 Å². The fourth-order valence-electron chi connectivity index (χ4n) is 6.17. The molecule has 1 saturated carbocycles. The highest BCUT2D eigenvalue weighted by molar-refractivity contribution is 5.85. The first-order valence-electron chi connectivity index (χ1n) is 13.2. The standard InChI is InChI=1S/C28H41N3O4/c1-20-19-29-24-9-8-22(35-2)18-23(24)26(20)25(32)10-12-28(27(33)30-34)13-16-31(17-14-28)15-11-21-6-4-3-5-7-21/h8-9,18-19,21,25,32,34H,3-7,10-17H2,1-2H3,(H,30,33). The summed E-state index contributed by atoms with van der Waals surface area (Å²) >= 11 is 0. The lowest BCUT2D eigenvalue weighted by molar-refractivity contribution is -0.143. The first kappa shape index (κ1) is 25.9. The minimum absolute atomic E-state index is 0.324. The highest BCUT2D eigenvalue weighted by atomic mass is 16.5. The Bertz CT molecular complexity index is 997. The summed E-state index contributed by atoms with van der Waals surface area (Å²) in [7, 11) is 1.62. The number of amides is 1. The number of fused-ring (bicyclic) bond motifs is 1. The average molecular weight is 484 g/mol. The number of carbonyl (C=O) groups excluding carboxylic acids is 1. The van der Waals surface area contributed by atoms with Gasteiger partial charge in [0.1, 0.15) is 5.75 Å². The summed E-state index contributed by atoms with van der Waals surface area (Å²) in [6.45, 7) is 4.74. The van der Waals surface area contributed by atoms with Gasteiger partial charge in [0.25, 0.3) is 0 Å². The van der Waals surface area contributed by atoms with Gasteiger partial charge >= 0.3 is 0 Å². The Hall–Kier alpha value is -2.22. The third-order valence-corrected chi connectivity index (χ3v) is 8.52. The van der Waals surface area contributed by atoms with Gasteiger partial charge in [-0.25, -0.2) is 5.48 Å². The molecule has 1 atom stereocenters. The molecule has 3 N–H and O–H groups in total. The normalized spacial score (nSPS) is 20.0. The minimum atomic E-state index is -0.736. The molecule has 1 saturated heterocycles. The van der Waals surface area contributed by atoms with E-state index in [4.69, 9.17) is 4.74 Å². The zero-order valence-corrected chi connectivity index (χ0v) is 21.3. The predicted octanol–water partition coefficient (Wildman–Crippen LogP) is 4.92.